The molecule has 0 aliphatic carbocycles. The number of benzene rings is 1. The lowest BCUT2D eigenvalue weighted by atomic mass is 10.1. The van der Waals surface area contributed by atoms with E-state index in [9.17, 15) is 9.18 Å². The van der Waals surface area contributed by atoms with E-state index in [2.05, 4.69) is 13.8 Å². The molecule has 100 valence electrons. The molecular weight excluding hydrogens is 233 g/mol. The van der Waals surface area contributed by atoms with Crippen LogP contribution in [0.25, 0.3) is 0 Å². The number of hydrogen-bond acceptors (Lipinski definition) is 3. The summed E-state index contributed by atoms with van der Waals surface area (Å²) in [5, 5.41) is 0. The monoisotopic (exact) mass is 253 g/mol. The van der Waals surface area contributed by atoms with Gasteiger partial charge in [-0.05, 0) is 24.1 Å². The average molecular weight is 253 g/mol. The minimum Gasteiger partial charge on any atom is -0.383 e. The van der Waals surface area contributed by atoms with E-state index in [4.69, 9.17) is 4.74 Å². The molecule has 0 N–H and O–H groups in total. The van der Waals surface area contributed by atoms with Gasteiger partial charge in [-0.1, -0.05) is 13.8 Å². The van der Waals surface area contributed by atoms with Gasteiger partial charge in [0, 0.05) is 25.8 Å². The molecule has 0 aliphatic rings. The quantitative estimate of drug-likeness (QED) is 0.700. The molecule has 18 heavy (non-hydrogen) atoms. The Kier molecular flexibility index (Phi) is 5.78. The number of carbonyl (C=O) groups excluding carboxylic acids is 1. The maximum atomic E-state index is 13.9. The molecule has 0 unspecified atom stereocenters. The number of aldehydes is 1. The number of anilines is 1. The molecule has 0 atom stereocenters. The normalized spacial score (nSPS) is 10.7. The van der Waals surface area contributed by atoms with Gasteiger partial charge in [0.15, 0.2) is 0 Å². The zero-order valence-electron chi connectivity index (χ0n) is 11.1. The first-order chi connectivity index (χ1) is 8.58. The molecule has 0 fully saturated rings. The topological polar surface area (TPSA) is 29.5 Å². The molecule has 4 heteroatoms. The lowest BCUT2D eigenvalue weighted by molar-refractivity contribution is 0.112. The number of carbonyl (C=O) groups is 1. The summed E-state index contributed by atoms with van der Waals surface area (Å²) >= 11 is 0. The molecular formula is C14H20FNO2. The standard InChI is InChI=1S/C14H20FNO2/c1-11(2)9-16(6-7-18-3)14-5-4-12(10-17)8-13(14)15/h4-5,8,10-11H,6-7,9H2,1-3H3. The third-order valence-corrected chi connectivity index (χ3v) is 2.60. The summed E-state index contributed by atoms with van der Waals surface area (Å²) in [7, 11) is 1.62. The second-order valence-electron chi connectivity index (χ2n) is 4.66. The highest BCUT2D eigenvalue weighted by molar-refractivity contribution is 5.76. The summed E-state index contributed by atoms with van der Waals surface area (Å²) in [5.74, 6) is 0.0587. The van der Waals surface area contributed by atoms with E-state index in [-0.39, 0.29) is 5.82 Å². The van der Waals surface area contributed by atoms with Crippen LogP contribution < -0.4 is 4.90 Å². The number of ether oxygens (including phenoxy) is 1. The van der Waals surface area contributed by atoms with Crippen molar-refractivity contribution in [1.82, 2.24) is 0 Å². The van der Waals surface area contributed by atoms with Crippen molar-refractivity contribution in [2.75, 3.05) is 31.7 Å². The Hall–Kier alpha value is -1.42. The van der Waals surface area contributed by atoms with Gasteiger partial charge in [0.05, 0.1) is 12.3 Å². The second kappa shape index (κ2) is 7.11. The van der Waals surface area contributed by atoms with Crippen molar-refractivity contribution in [2.45, 2.75) is 13.8 Å². The van der Waals surface area contributed by atoms with Crippen LogP contribution in [0.4, 0.5) is 10.1 Å². The molecule has 0 saturated carbocycles. The lowest BCUT2D eigenvalue weighted by Gasteiger charge is -2.26. The third-order valence-electron chi connectivity index (χ3n) is 2.60. The first kappa shape index (κ1) is 14.6. The minimum atomic E-state index is -0.364. The Balaban J connectivity index is 2.92. The fraction of sp³-hybridized carbons (Fsp3) is 0.500. The van der Waals surface area contributed by atoms with Gasteiger partial charge in [0.25, 0.3) is 0 Å². The van der Waals surface area contributed by atoms with Crippen LogP contribution in [0.1, 0.15) is 24.2 Å². The molecule has 3 nitrogen and oxygen atoms in total. The second-order valence-corrected chi connectivity index (χ2v) is 4.66. The number of nitrogens with zero attached hydrogens (tertiary/aromatic N) is 1. The van der Waals surface area contributed by atoms with Gasteiger partial charge >= 0.3 is 0 Å². The summed E-state index contributed by atoms with van der Waals surface area (Å²) in [5.41, 5.74) is 0.874. The summed E-state index contributed by atoms with van der Waals surface area (Å²) < 4.78 is 19.0. The van der Waals surface area contributed by atoms with Crippen LogP contribution in [-0.2, 0) is 4.74 Å². The van der Waals surface area contributed by atoms with Crippen molar-refractivity contribution < 1.29 is 13.9 Å². The fourth-order valence-electron chi connectivity index (χ4n) is 1.81. The van der Waals surface area contributed by atoms with Crippen LogP contribution in [0.5, 0.6) is 0 Å². The van der Waals surface area contributed by atoms with Gasteiger partial charge in [0.2, 0.25) is 0 Å². The first-order valence-electron chi connectivity index (χ1n) is 6.07. The van der Waals surface area contributed by atoms with Crippen molar-refractivity contribution in [3.63, 3.8) is 0 Å². The largest absolute Gasteiger partial charge is 0.383 e. The number of halogens is 1. The maximum absolute atomic E-state index is 13.9. The van der Waals surface area contributed by atoms with Crippen LogP contribution in [0, 0.1) is 11.7 Å². The van der Waals surface area contributed by atoms with Crippen molar-refractivity contribution in [3.8, 4) is 0 Å². The van der Waals surface area contributed by atoms with E-state index >= 15 is 0 Å². The van der Waals surface area contributed by atoms with Gasteiger partial charge in [0.1, 0.15) is 12.1 Å². The van der Waals surface area contributed by atoms with Gasteiger partial charge < -0.3 is 9.64 Å². The molecule has 1 aromatic rings. The van der Waals surface area contributed by atoms with Gasteiger partial charge in [-0.25, -0.2) is 4.39 Å². The summed E-state index contributed by atoms with van der Waals surface area (Å²) in [6.45, 7) is 6.09. The molecule has 0 aromatic heterocycles. The predicted octanol–water partition coefficient (Wildman–Crippen LogP) is 2.75. The zero-order valence-corrected chi connectivity index (χ0v) is 11.1. The van der Waals surface area contributed by atoms with Crippen molar-refractivity contribution >= 4 is 12.0 Å². The van der Waals surface area contributed by atoms with Crippen LogP contribution in [0.15, 0.2) is 18.2 Å². The van der Waals surface area contributed by atoms with Crippen LogP contribution in [0.2, 0.25) is 0 Å². The number of methoxy groups -OCH3 is 1. The van der Waals surface area contributed by atoms with Gasteiger partial charge in [-0.15, -0.1) is 0 Å². The summed E-state index contributed by atoms with van der Waals surface area (Å²) in [6.07, 6.45) is 0.648. The molecule has 0 heterocycles. The van der Waals surface area contributed by atoms with Gasteiger partial charge in [-0.3, -0.25) is 4.79 Å². The molecule has 0 aliphatic heterocycles. The zero-order chi connectivity index (χ0) is 13.5. The number of rotatable bonds is 7. The molecule has 0 saturated heterocycles. The van der Waals surface area contributed by atoms with Crippen LogP contribution in [0.3, 0.4) is 0 Å². The molecule has 1 aromatic carbocycles. The fourth-order valence-corrected chi connectivity index (χ4v) is 1.81. The van der Waals surface area contributed by atoms with E-state index in [1.807, 2.05) is 4.90 Å². The highest BCUT2D eigenvalue weighted by Gasteiger charge is 2.13. The van der Waals surface area contributed by atoms with E-state index in [1.54, 1.807) is 19.2 Å². The summed E-state index contributed by atoms with van der Waals surface area (Å²) in [6, 6.07) is 4.55. The predicted molar refractivity (Wildman–Crippen MR) is 70.7 cm³/mol. The maximum Gasteiger partial charge on any atom is 0.150 e. The SMILES string of the molecule is COCCN(CC(C)C)c1ccc(C=O)cc1F. The van der Waals surface area contributed by atoms with Crippen molar-refractivity contribution in [2.24, 2.45) is 5.92 Å². The van der Waals surface area contributed by atoms with E-state index in [0.29, 0.717) is 36.6 Å². The highest BCUT2D eigenvalue weighted by atomic mass is 19.1. The molecule has 0 spiro atoms. The Bertz CT molecular complexity index is 393. The molecule has 1 rings (SSSR count). The highest BCUT2D eigenvalue weighted by Crippen LogP contribution is 2.21. The smallest absolute Gasteiger partial charge is 0.150 e. The minimum absolute atomic E-state index is 0.354. The van der Waals surface area contributed by atoms with Crippen LogP contribution >= 0.6 is 0 Å². The average Bonchev–Trinajstić information content (AvgIpc) is 2.34. The van der Waals surface area contributed by atoms with E-state index in [0.717, 1.165) is 6.54 Å². The lowest BCUT2D eigenvalue weighted by Crippen LogP contribution is -2.31. The Morgan fingerprint density at radius 2 is 2.17 bits per heavy atom. The first-order valence-corrected chi connectivity index (χ1v) is 6.07. The molecule has 0 bridgehead atoms. The van der Waals surface area contributed by atoms with Crippen molar-refractivity contribution in [3.05, 3.63) is 29.6 Å². The van der Waals surface area contributed by atoms with Crippen molar-refractivity contribution in [1.29, 1.82) is 0 Å². The Labute approximate surface area is 108 Å². The number of hydrogen-bond donors (Lipinski definition) is 0. The van der Waals surface area contributed by atoms with Gasteiger partial charge in [-0.2, -0.15) is 0 Å². The molecule has 0 amide bonds. The van der Waals surface area contributed by atoms with E-state index < -0.39 is 0 Å². The third kappa shape index (κ3) is 4.11. The summed E-state index contributed by atoms with van der Waals surface area (Å²) in [4.78, 5) is 12.5. The Morgan fingerprint density at radius 3 is 2.67 bits per heavy atom. The van der Waals surface area contributed by atoms with Crippen LogP contribution in [-0.4, -0.2) is 33.1 Å². The molecule has 0 radical (unpaired) electrons. The van der Waals surface area contributed by atoms with E-state index in [1.165, 1.54) is 6.07 Å². The Morgan fingerprint density at radius 1 is 1.44 bits per heavy atom.